The molecule has 0 aromatic heterocycles. The van der Waals surface area contributed by atoms with Crippen LogP contribution in [-0.4, -0.2) is 11.2 Å². The van der Waals surface area contributed by atoms with Crippen LogP contribution in [0.3, 0.4) is 0 Å². The molecular formula is C9H11FO. The van der Waals surface area contributed by atoms with Crippen molar-refractivity contribution in [3.63, 3.8) is 0 Å². The molecular weight excluding hydrogens is 143 g/mol. The van der Waals surface area contributed by atoms with Crippen LogP contribution in [0.2, 0.25) is 0 Å². The first-order chi connectivity index (χ1) is 5.18. The summed E-state index contributed by atoms with van der Waals surface area (Å²) in [4.78, 5) is 0. The van der Waals surface area contributed by atoms with Crippen LogP contribution < -0.4 is 0 Å². The number of hydrogen-bond acceptors (Lipinski definition) is 1. The van der Waals surface area contributed by atoms with E-state index in [9.17, 15) is 4.39 Å². The average Bonchev–Trinajstić information content (AvgIpc) is 1.93. The first kappa shape index (κ1) is 8.21. The summed E-state index contributed by atoms with van der Waals surface area (Å²) in [5, 5.41) is 8.98. The molecule has 0 bridgehead atoms. The monoisotopic (exact) mass is 154 g/mol. The van der Waals surface area contributed by atoms with Gasteiger partial charge in [-0.2, -0.15) is 0 Å². The minimum atomic E-state index is -0.361. The van der Waals surface area contributed by atoms with E-state index in [2.05, 4.69) is 0 Å². The van der Waals surface area contributed by atoms with Gasteiger partial charge in [0.25, 0.3) is 0 Å². The third kappa shape index (κ3) is 2.68. The van der Waals surface area contributed by atoms with Crippen molar-refractivity contribution >= 4 is 0 Å². The van der Waals surface area contributed by atoms with Crippen LogP contribution in [0, 0.1) is 5.82 Å². The lowest BCUT2D eigenvalue weighted by Crippen LogP contribution is -2.03. The molecule has 1 unspecified atom stereocenters. The third-order valence-electron chi connectivity index (χ3n) is 1.44. The third-order valence-corrected chi connectivity index (χ3v) is 1.44. The second-order valence-electron chi connectivity index (χ2n) is 2.68. The highest BCUT2D eigenvalue weighted by Crippen LogP contribution is 2.04. The lowest BCUT2D eigenvalue weighted by molar-refractivity contribution is 0.195. The summed E-state index contributed by atoms with van der Waals surface area (Å²) in [6.45, 7) is 1.71. The molecule has 0 aliphatic heterocycles. The molecule has 1 N–H and O–H groups in total. The van der Waals surface area contributed by atoms with Crippen LogP contribution in [-0.2, 0) is 6.42 Å². The largest absolute Gasteiger partial charge is 0.393 e. The van der Waals surface area contributed by atoms with Crippen molar-refractivity contribution in [2.24, 2.45) is 0 Å². The average molecular weight is 154 g/mol. The summed E-state index contributed by atoms with van der Waals surface area (Å²) in [6, 6.07) is 6.17. The predicted octanol–water partition coefficient (Wildman–Crippen LogP) is 1.75. The van der Waals surface area contributed by atoms with Gasteiger partial charge in [-0.05, 0) is 31.0 Å². The highest BCUT2D eigenvalue weighted by Gasteiger charge is 1.97. The van der Waals surface area contributed by atoms with Gasteiger partial charge in [0.2, 0.25) is 0 Å². The number of aliphatic hydroxyl groups is 1. The molecule has 1 aromatic carbocycles. The zero-order valence-corrected chi connectivity index (χ0v) is 6.42. The molecule has 0 heterocycles. The summed E-state index contributed by atoms with van der Waals surface area (Å²) in [7, 11) is 0. The molecule has 60 valence electrons. The van der Waals surface area contributed by atoms with Crippen LogP contribution in [0.5, 0.6) is 0 Å². The van der Waals surface area contributed by atoms with Crippen LogP contribution in [0.4, 0.5) is 4.39 Å². The molecule has 0 fully saturated rings. The number of benzene rings is 1. The Morgan fingerprint density at radius 1 is 1.36 bits per heavy atom. The molecule has 1 rings (SSSR count). The maximum Gasteiger partial charge on any atom is 0.123 e. The molecule has 1 nitrogen and oxygen atoms in total. The molecule has 1 aromatic rings. The van der Waals surface area contributed by atoms with Crippen LogP contribution in [0.25, 0.3) is 0 Å². The minimum Gasteiger partial charge on any atom is -0.393 e. The van der Waals surface area contributed by atoms with E-state index in [-0.39, 0.29) is 11.9 Å². The van der Waals surface area contributed by atoms with E-state index in [0.717, 1.165) is 5.56 Å². The van der Waals surface area contributed by atoms with Crippen molar-refractivity contribution < 1.29 is 9.50 Å². The zero-order valence-electron chi connectivity index (χ0n) is 6.42. The Hall–Kier alpha value is -0.890. The molecule has 0 radical (unpaired) electrons. The standard InChI is InChI=1S/C9H11FO/c1-7(11)6-8-2-4-9(10)5-3-8/h2-5,7,11H,6H2,1H3. The predicted molar refractivity (Wildman–Crippen MR) is 41.8 cm³/mol. The lowest BCUT2D eigenvalue weighted by atomic mass is 10.1. The van der Waals surface area contributed by atoms with Gasteiger partial charge in [-0.3, -0.25) is 0 Å². The summed E-state index contributed by atoms with van der Waals surface area (Å²) >= 11 is 0. The Morgan fingerprint density at radius 3 is 2.36 bits per heavy atom. The van der Waals surface area contributed by atoms with E-state index < -0.39 is 0 Å². The molecule has 0 aliphatic rings. The maximum absolute atomic E-state index is 12.4. The van der Waals surface area contributed by atoms with E-state index in [0.29, 0.717) is 6.42 Å². The summed E-state index contributed by atoms with van der Waals surface area (Å²) in [5.74, 6) is -0.237. The highest BCUT2D eigenvalue weighted by molar-refractivity contribution is 5.16. The quantitative estimate of drug-likeness (QED) is 0.688. The SMILES string of the molecule is CC(O)Cc1ccc(F)cc1. The van der Waals surface area contributed by atoms with Crippen molar-refractivity contribution in [3.05, 3.63) is 35.6 Å². The molecule has 11 heavy (non-hydrogen) atoms. The van der Waals surface area contributed by atoms with Crippen molar-refractivity contribution in [1.29, 1.82) is 0 Å². The van der Waals surface area contributed by atoms with Gasteiger partial charge in [0, 0.05) is 0 Å². The zero-order chi connectivity index (χ0) is 8.27. The fraction of sp³-hybridized carbons (Fsp3) is 0.333. The minimum absolute atomic E-state index is 0.237. The molecule has 0 saturated carbocycles. The van der Waals surface area contributed by atoms with E-state index >= 15 is 0 Å². The van der Waals surface area contributed by atoms with Crippen LogP contribution in [0.15, 0.2) is 24.3 Å². The molecule has 0 spiro atoms. The Kier molecular flexibility index (Phi) is 2.60. The topological polar surface area (TPSA) is 20.2 Å². The van der Waals surface area contributed by atoms with E-state index in [1.807, 2.05) is 0 Å². The van der Waals surface area contributed by atoms with Crippen LogP contribution in [0.1, 0.15) is 12.5 Å². The van der Waals surface area contributed by atoms with E-state index in [1.165, 1.54) is 12.1 Å². The Bertz CT molecular complexity index is 216. The fourth-order valence-electron chi connectivity index (χ4n) is 0.962. The second-order valence-corrected chi connectivity index (χ2v) is 2.68. The first-order valence-electron chi connectivity index (χ1n) is 3.61. The summed E-state index contributed by atoms with van der Waals surface area (Å²) in [5.41, 5.74) is 0.960. The Balaban J connectivity index is 2.66. The maximum atomic E-state index is 12.4. The van der Waals surface area contributed by atoms with Gasteiger partial charge >= 0.3 is 0 Å². The van der Waals surface area contributed by atoms with Gasteiger partial charge < -0.3 is 5.11 Å². The second kappa shape index (κ2) is 3.49. The molecule has 2 heteroatoms. The van der Waals surface area contributed by atoms with E-state index in [4.69, 9.17) is 5.11 Å². The van der Waals surface area contributed by atoms with Crippen molar-refractivity contribution in [3.8, 4) is 0 Å². The van der Waals surface area contributed by atoms with Gasteiger partial charge in [0.05, 0.1) is 6.10 Å². The Labute approximate surface area is 65.5 Å². The highest BCUT2D eigenvalue weighted by atomic mass is 19.1. The van der Waals surface area contributed by atoms with Crippen molar-refractivity contribution in [1.82, 2.24) is 0 Å². The summed E-state index contributed by atoms with van der Waals surface area (Å²) < 4.78 is 12.4. The molecule has 0 amide bonds. The molecule has 0 aliphatic carbocycles. The van der Waals surface area contributed by atoms with Gasteiger partial charge in [0.15, 0.2) is 0 Å². The first-order valence-corrected chi connectivity index (χ1v) is 3.61. The van der Waals surface area contributed by atoms with Crippen molar-refractivity contribution in [2.75, 3.05) is 0 Å². The van der Waals surface area contributed by atoms with Gasteiger partial charge in [-0.25, -0.2) is 4.39 Å². The van der Waals surface area contributed by atoms with Gasteiger partial charge in [-0.15, -0.1) is 0 Å². The number of halogens is 1. The van der Waals surface area contributed by atoms with Crippen LogP contribution >= 0.6 is 0 Å². The number of aliphatic hydroxyl groups excluding tert-OH is 1. The summed E-state index contributed by atoms with van der Waals surface area (Å²) in [6.07, 6.45) is 0.223. The van der Waals surface area contributed by atoms with Crippen molar-refractivity contribution in [2.45, 2.75) is 19.4 Å². The smallest absolute Gasteiger partial charge is 0.123 e. The molecule has 1 atom stereocenters. The lowest BCUT2D eigenvalue weighted by Gasteiger charge is -2.02. The van der Waals surface area contributed by atoms with Gasteiger partial charge in [0.1, 0.15) is 5.82 Å². The molecule has 0 saturated heterocycles. The fourth-order valence-corrected chi connectivity index (χ4v) is 0.962. The Morgan fingerprint density at radius 2 is 1.91 bits per heavy atom. The van der Waals surface area contributed by atoms with Gasteiger partial charge in [-0.1, -0.05) is 12.1 Å². The number of hydrogen-bond donors (Lipinski definition) is 1. The number of rotatable bonds is 2. The normalized spacial score (nSPS) is 13.0. The van der Waals surface area contributed by atoms with E-state index in [1.54, 1.807) is 19.1 Å².